The average molecular weight is 282 g/mol. The zero-order valence-electron chi connectivity index (χ0n) is 10.8. The number of hydrogen-bond donors (Lipinski definition) is 1. The second kappa shape index (κ2) is 4.85. The first-order valence-electron chi connectivity index (χ1n) is 6.49. The minimum atomic E-state index is 0.0427. The van der Waals surface area contributed by atoms with Gasteiger partial charge >= 0.3 is 6.03 Å². The molecule has 1 aromatic rings. The van der Waals surface area contributed by atoms with Crippen LogP contribution in [0.15, 0.2) is 6.33 Å². The monoisotopic (exact) mass is 281 g/mol. The van der Waals surface area contributed by atoms with E-state index in [4.69, 9.17) is 11.6 Å². The van der Waals surface area contributed by atoms with Crippen LogP contribution in [0.2, 0.25) is 5.15 Å². The summed E-state index contributed by atoms with van der Waals surface area (Å²) in [6.07, 6.45) is 2.30. The van der Waals surface area contributed by atoms with Crippen molar-refractivity contribution >= 4 is 23.4 Å². The first-order chi connectivity index (χ1) is 9.20. The molecule has 0 saturated carbocycles. The predicted molar refractivity (Wildman–Crippen MR) is 72.5 cm³/mol. The minimum Gasteiger partial charge on any atom is -0.352 e. The first kappa shape index (κ1) is 12.5. The number of anilines is 1. The summed E-state index contributed by atoms with van der Waals surface area (Å²) in [7, 11) is 0. The maximum Gasteiger partial charge on any atom is 0.317 e. The van der Waals surface area contributed by atoms with Gasteiger partial charge in [0.2, 0.25) is 0 Å². The van der Waals surface area contributed by atoms with Gasteiger partial charge in [-0.05, 0) is 6.42 Å². The third kappa shape index (κ3) is 2.10. The summed E-state index contributed by atoms with van der Waals surface area (Å²) in [6, 6.07) is 0.265. The van der Waals surface area contributed by atoms with Crippen molar-refractivity contribution < 1.29 is 4.79 Å². The molecular weight excluding hydrogens is 266 g/mol. The Bertz CT molecular complexity index is 509. The van der Waals surface area contributed by atoms with E-state index in [9.17, 15) is 4.79 Å². The van der Waals surface area contributed by atoms with Crippen molar-refractivity contribution in [1.82, 2.24) is 20.2 Å². The Morgan fingerprint density at radius 2 is 2.32 bits per heavy atom. The molecule has 2 saturated heterocycles. The van der Waals surface area contributed by atoms with Crippen molar-refractivity contribution in [1.29, 1.82) is 0 Å². The van der Waals surface area contributed by atoms with E-state index in [-0.39, 0.29) is 12.1 Å². The van der Waals surface area contributed by atoms with E-state index in [1.165, 1.54) is 6.33 Å². The second-order valence-corrected chi connectivity index (χ2v) is 5.16. The lowest BCUT2D eigenvalue weighted by molar-refractivity contribution is 0.197. The number of urea groups is 1. The van der Waals surface area contributed by atoms with Crippen LogP contribution in [0.25, 0.3) is 0 Å². The largest absolute Gasteiger partial charge is 0.352 e. The SMILES string of the molecule is CCc1c(Cl)ncnc1N1CCN2C(=O)NCC2C1. The van der Waals surface area contributed by atoms with Gasteiger partial charge in [0.15, 0.2) is 0 Å². The minimum absolute atomic E-state index is 0.0427. The van der Waals surface area contributed by atoms with E-state index in [0.717, 1.165) is 37.4 Å². The van der Waals surface area contributed by atoms with E-state index in [1.54, 1.807) is 0 Å². The highest BCUT2D eigenvalue weighted by Crippen LogP contribution is 2.26. The zero-order valence-corrected chi connectivity index (χ0v) is 11.5. The van der Waals surface area contributed by atoms with Gasteiger partial charge in [-0.1, -0.05) is 18.5 Å². The number of nitrogens with zero attached hydrogens (tertiary/aromatic N) is 4. The number of piperazine rings is 1. The maximum absolute atomic E-state index is 11.6. The van der Waals surface area contributed by atoms with Gasteiger partial charge in [0.1, 0.15) is 17.3 Å². The molecule has 2 amide bonds. The van der Waals surface area contributed by atoms with E-state index in [2.05, 4.69) is 20.2 Å². The summed E-state index contributed by atoms with van der Waals surface area (Å²) in [6.45, 7) is 5.05. The number of amides is 2. The molecule has 1 aromatic heterocycles. The first-order valence-corrected chi connectivity index (χ1v) is 6.87. The Hall–Kier alpha value is -1.56. The van der Waals surface area contributed by atoms with E-state index >= 15 is 0 Å². The van der Waals surface area contributed by atoms with E-state index in [1.807, 2.05) is 11.8 Å². The topological polar surface area (TPSA) is 61.4 Å². The van der Waals surface area contributed by atoms with Crippen LogP contribution in [0.3, 0.4) is 0 Å². The summed E-state index contributed by atoms with van der Waals surface area (Å²) >= 11 is 6.13. The Morgan fingerprint density at radius 1 is 1.47 bits per heavy atom. The number of rotatable bonds is 2. The number of aromatic nitrogens is 2. The molecule has 3 heterocycles. The smallest absolute Gasteiger partial charge is 0.317 e. The van der Waals surface area contributed by atoms with Gasteiger partial charge < -0.3 is 15.1 Å². The second-order valence-electron chi connectivity index (χ2n) is 4.80. The van der Waals surface area contributed by atoms with Gasteiger partial charge in [0.05, 0.1) is 6.04 Å². The van der Waals surface area contributed by atoms with Gasteiger partial charge in [-0.2, -0.15) is 0 Å². The Labute approximate surface area is 116 Å². The molecule has 102 valence electrons. The number of nitrogens with one attached hydrogen (secondary N) is 1. The standard InChI is InChI=1S/C12H16ClN5O/c1-2-9-10(13)15-7-16-11(9)17-3-4-18-8(6-17)5-14-12(18)19/h7-8H,2-6H2,1H3,(H,14,19). The molecule has 3 rings (SSSR count). The molecule has 1 N–H and O–H groups in total. The van der Waals surface area contributed by atoms with Crippen LogP contribution in [0.1, 0.15) is 12.5 Å². The number of fused-ring (bicyclic) bond motifs is 1. The number of carbonyl (C=O) groups excluding carboxylic acids is 1. The maximum atomic E-state index is 11.6. The molecule has 0 aliphatic carbocycles. The summed E-state index contributed by atoms with van der Waals surface area (Å²) < 4.78 is 0. The Kier molecular flexibility index (Phi) is 3.18. The Morgan fingerprint density at radius 3 is 3.11 bits per heavy atom. The fourth-order valence-electron chi connectivity index (χ4n) is 2.76. The van der Waals surface area contributed by atoms with Crippen LogP contribution in [0, 0.1) is 0 Å². The van der Waals surface area contributed by atoms with Crippen LogP contribution in [-0.2, 0) is 6.42 Å². The molecule has 6 nitrogen and oxygen atoms in total. The molecule has 0 bridgehead atoms. The molecule has 2 aliphatic heterocycles. The van der Waals surface area contributed by atoms with E-state index in [0.29, 0.717) is 11.7 Å². The van der Waals surface area contributed by atoms with Gasteiger partial charge in [0.25, 0.3) is 0 Å². The molecule has 0 aromatic carbocycles. The van der Waals surface area contributed by atoms with Gasteiger partial charge in [-0.3, -0.25) is 0 Å². The van der Waals surface area contributed by atoms with Crippen LogP contribution in [0.5, 0.6) is 0 Å². The van der Waals surface area contributed by atoms with Crippen molar-refractivity contribution in [3.63, 3.8) is 0 Å². The fourth-order valence-corrected chi connectivity index (χ4v) is 3.02. The van der Waals surface area contributed by atoms with Crippen LogP contribution >= 0.6 is 11.6 Å². The van der Waals surface area contributed by atoms with Crippen LogP contribution < -0.4 is 10.2 Å². The molecule has 7 heteroatoms. The summed E-state index contributed by atoms with van der Waals surface area (Å²) in [5.74, 6) is 0.904. The molecule has 0 spiro atoms. The van der Waals surface area contributed by atoms with E-state index < -0.39 is 0 Å². The lowest BCUT2D eigenvalue weighted by atomic mass is 10.1. The molecule has 2 fully saturated rings. The zero-order chi connectivity index (χ0) is 13.4. The van der Waals surface area contributed by atoms with Crippen LogP contribution in [0.4, 0.5) is 10.6 Å². The van der Waals surface area contributed by atoms with Crippen molar-refractivity contribution in [2.24, 2.45) is 0 Å². The number of carbonyl (C=O) groups is 1. The summed E-state index contributed by atoms with van der Waals surface area (Å²) in [5, 5.41) is 3.40. The highest BCUT2D eigenvalue weighted by atomic mass is 35.5. The van der Waals surface area contributed by atoms with Crippen molar-refractivity contribution in [3.8, 4) is 0 Å². The van der Waals surface area contributed by atoms with Gasteiger partial charge in [-0.25, -0.2) is 14.8 Å². The Balaban J connectivity index is 1.84. The molecular formula is C12H16ClN5O. The molecule has 2 aliphatic rings. The predicted octanol–water partition coefficient (Wildman–Crippen LogP) is 0.906. The number of hydrogen-bond acceptors (Lipinski definition) is 4. The van der Waals surface area contributed by atoms with Crippen molar-refractivity contribution in [2.75, 3.05) is 31.1 Å². The molecule has 1 atom stereocenters. The molecule has 1 unspecified atom stereocenters. The third-order valence-corrected chi connectivity index (χ3v) is 4.08. The quantitative estimate of drug-likeness (QED) is 0.819. The van der Waals surface area contributed by atoms with Crippen molar-refractivity contribution in [3.05, 3.63) is 17.0 Å². The highest BCUT2D eigenvalue weighted by molar-refractivity contribution is 6.30. The molecule has 0 radical (unpaired) electrons. The lowest BCUT2D eigenvalue weighted by Gasteiger charge is -2.37. The fraction of sp³-hybridized carbons (Fsp3) is 0.583. The molecule has 19 heavy (non-hydrogen) atoms. The number of halogens is 1. The van der Waals surface area contributed by atoms with Gasteiger partial charge in [0, 0.05) is 31.7 Å². The third-order valence-electron chi connectivity index (χ3n) is 3.76. The summed E-state index contributed by atoms with van der Waals surface area (Å²) in [4.78, 5) is 24.1. The summed E-state index contributed by atoms with van der Waals surface area (Å²) in [5.41, 5.74) is 0.981. The average Bonchev–Trinajstić information content (AvgIpc) is 2.79. The lowest BCUT2D eigenvalue weighted by Crippen LogP contribution is -2.52. The van der Waals surface area contributed by atoms with Crippen molar-refractivity contribution in [2.45, 2.75) is 19.4 Å². The van der Waals surface area contributed by atoms with Gasteiger partial charge in [-0.15, -0.1) is 0 Å². The highest BCUT2D eigenvalue weighted by Gasteiger charge is 2.36. The normalized spacial score (nSPS) is 22.4. The van der Waals surface area contributed by atoms with Crippen LogP contribution in [-0.4, -0.2) is 53.1 Å².